The lowest BCUT2D eigenvalue weighted by Crippen LogP contribution is -2.42. The van der Waals surface area contributed by atoms with Gasteiger partial charge in [-0.2, -0.15) is 0 Å². The van der Waals surface area contributed by atoms with Gasteiger partial charge >= 0.3 is 0 Å². The minimum atomic E-state index is -1.17. The summed E-state index contributed by atoms with van der Waals surface area (Å²) in [5, 5.41) is 20.5. The van der Waals surface area contributed by atoms with Crippen LogP contribution in [0.15, 0.2) is 18.2 Å². The van der Waals surface area contributed by atoms with Crippen LogP contribution in [0.3, 0.4) is 0 Å². The van der Waals surface area contributed by atoms with Crippen molar-refractivity contribution in [2.45, 2.75) is 44.8 Å². The maximum Gasteiger partial charge on any atom is 0.126 e. The molecule has 0 saturated carbocycles. The molecule has 96 valence electrons. The van der Waals surface area contributed by atoms with Crippen molar-refractivity contribution in [3.05, 3.63) is 34.6 Å². The molecule has 1 unspecified atom stereocenters. The fourth-order valence-electron chi connectivity index (χ4n) is 1.82. The second-order valence-corrected chi connectivity index (χ2v) is 4.70. The zero-order valence-electron chi connectivity index (χ0n) is 10.1. The summed E-state index contributed by atoms with van der Waals surface area (Å²) in [6.45, 7) is 3.59. The Kier molecular flexibility index (Phi) is 4.92. The molecular weight excluding hydrogens is 243 g/mol. The van der Waals surface area contributed by atoms with E-state index in [1.54, 1.807) is 13.8 Å². The Morgan fingerprint density at radius 3 is 2.47 bits per heavy atom. The van der Waals surface area contributed by atoms with Crippen LogP contribution in [0.2, 0.25) is 5.02 Å². The molecule has 0 aromatic heterocycles. The highest BCUT2D eigenvalue weighted by atomic mass is 35.5. The van der Waals surface area contributed by atoms with Crippen LogP contribution in [0.25, 0.3) is 0 Å². The molecular formula is C13H18ClFO2. The zero-order chi connectivity index (χ0) is 13.1. The van der Waals surface area contributed by atoms with Crippen LogP contribution >= 0.6 is 11.6 Å². The molecule has 0 bridgehead atoms. The summed E-state index contributed by atoms with van der Waals surface area (Å²) in [5.74, 6) is -0.414. The Balaban J connectivity index is 2.87. The van der Waals surface area contributed by atoms with Crippen LogP contribution in [-0.4, -0.2) is 21.9 Å². The lowest BCUT2D eigenvalue weighted by atomic mass is 9.87. The third kappa shape index (κ3) is 3.41. The molecule has 0 aliphatic carbocycles. The summed E-state index contributed by atoms with van der Waals surface area (Å²) in [6.07, 6.45) is -0.0879. The monoisotopic (exact) mass is 260 g/mol. The Morgan fingerprint density at radius 1 is 1.35 bits per heavy atom. The van der Waals surface area contributed by atoms with E-state index in [1.807, 2.05) is 0 Å². The number of aliphatic hydroxyl groups is 2. The molecule has 0 heterocycles. The fourth-order valence-corrected chi connectivity index (χ4v) is 2.01. The Morgan fingerprint density at radius 2 is 1.94 bits per heavy atom. The largest absolute Gasteiger partial charge is 0.390 e. The van der Waals surface area contributed by atoms with Crippen molar-refractivity contribution in [2.75, 3.05) is 0 Å². The van der Waals surface area contributed by atoms with Crippen molar-refractivity contribution < 1.29 is 14.6 Å². The third-order valence-corrected chi connectivity index (χ3v) is 3.50. The van der Waals surface area contributed by atoms with Gasteiger partial charge in [-0.1, -0.05) is 25.4 Å². The molecule has 1 atom stereocenters. The highest BCUT2D eigenvalue weighted by molar-refractivity contribution is 6.30. The van der Waals surface area contributed by atoms with Crippen molar-refractivity contribution in [2.24, 2.45) is 0 Å². The first-order valence-corrected chi connectivity index (χ1v) is 6.15. The molecule has 0 saturated heterocycles. The summed E-state index contributed by atoms with van der Waals surface area (Å²) < 4.78 is 13.5. The molecule has 0 spiro atoms. The van der Waals surface area contributed by atoms with Crippen LogP contribution in [0, 0.1) is 5.82 Å². The van der Waals surface area contributed by atoms with Crippen LogP contribution in [0.4, 0.5) is 4.39 Å². The Bertz CT molecular complexity index is 378. The highest BCUT2D eigenvalue weighted by Crippen LogP contribution is 2.24. The lowest BCUT2D eigenvalue weighted by Gasteiger charge is -2.31. The summed E-state index contributed by atoms with van der Waals surface area (Å²) in [4.78, 5) is 0. The molecule has 1 aromatic rings. The number of aliphatic hydroxyl groups excluding tert-OH is 1. The average molecular weight is 261 g/mol. The first kappa shape index (κ1) is 14.4. The molecule has 2 nitrogen and oxygen atoms in total. The second-order valence-electron chi connectivity index (χ2n) is 4.27. The number of hydrogen-bond acceptors (Lipinski definition) is 2. The molecule has 0 aliphatic heterocycles. The van der Waals surface area contributed by atoms with Gasteiger partial charge in [0.15, 0.2) is 0 Å². The first-order chi connectivity index (χ1) is 7.92. The summed E-state index contributed by atoms with van der Waals surface area (Å²) in [5.41, 5.74) is -0.847. The van der Waals surface area contributed by atoms with E-state index < -0.39 is 17.5 Å². The number of rotatable bonds is 5. The third-order valence-electron chi connectivity index (χ3n) is 3.27. The molecule has 1 rings (SSSR count). The highest BCUT2D eigenvalue weighted by Gasteiger charge is 2.32. The van der Waals surface area contributed by atoms with Gasteiger partial charge in [-0.25, -0.2) is 4.39 Å². The Labute approximate surface area is 106 Å². The van der Waals surface area contributed by atoms with E-state index in [0.717, 1.165) is 0 Å². The maximum absolute atomic E-state index is 13.5. The molecule has 4 heteroatoms. The maximum atomic E-state index is 13.5. The van der Waals surface area contributed by atoms with Gasteiger partial charge in [-0.05, 0) is 36.6 Å². The molecule has 0 amide bonds. The number of hydrogen-bond donors (Lipinski definition) is 2. The van der Waals surface area contributed by atoms with E-state index in [0.29, 0.717) is 23.4 Å². The van der Waals surface area contributed by atoms with E-state index in [-0.39, 0.29) is 6.42 Å². The predicted octanol–water partition coefficient (Wildman–Crippen LogP) is 2.93. The van der Waals surface area contributed by atoms with E-state index in [4.69, 9.17) is 11.6 Å². The molecule has 0 aliphatic rings. The molecule has 1 aromatic carbocycles. The molecule has 2 N–H and O–H groups in total. The number of benzene rings is 1. The van der Waals surface area contributed by atoms with Gasteiger partial charge < -0.3 is 10.2 Å². The summed E-state index contributed by atoms with van der Waals surface area (Å²) in [6, 6.07) is 4.20. The predicted molar refractivity (Wildman–Crippen MR) is 66.7 cm³/mol. The quantitative estimate of drug-likeness (QED) is 0.855. The van der Waals surface area contributed by atoms with Crippen molar-refractivity contribution >= 4 is 11.6 Å². The molecule has 17 heavy (non-hydrogen) atoms. The van der Waals surface area contributed by atoms with Crippen LogP contribution in [0.5, 0.6) is 0 Å². The van der Waals surface area contributed by atoms with Crippen molar-refractivity contribution in [1.82, 2.24) is 0 Å². The Hall–Kier alpha value is -0.640. The van der Waals surface area contributed by atoms with Gasteiger partial charge in [-0.3, -0.25) is 0 Å². The van der Waals surface area contributed by atoms with Gasteiger partial charge in [0.05, 0.1) is 11.7 Å². The van der Waals surface area contributed by atoms with Crippen LogP contribution < -0.4 is 0 Å². The van der Waals surface area contributed by atoms with Gasteiger partial charge in [0.25, 0.3) is 0 Å². The van der Waals surface area contributed by atoms with E-state index in [2.05, 4.69) is 0 Å². The van der Waals surface area contributed by atoms with Gasteiger partial charge in [0.1, 0.15) is 5.82 Å². The zero-order valence-corrected chi connectivity index (χ0v) is 10.8. The molecule has 0 fully saturated rings. The summed E-state index contributed by atoms with van der Waals surface area (Å²) in [7, 11) is 0. The van der Waals surface area contributed by atoms with Gasteiger partial charge in [0, 0.05) is 11.4 Å². The van der Waals surface area contributed by atoms with Crippen molar-refractivity contribution in [1.29, 1.82) is 0 Å². The van der Waals surface area contributed by atoms with Crippen LogP contribution in [0.1, 0.15) is 32.3 Å². The first-order valence-electron chi connectivity index (χ1n) is 5.77. The normalized spacial score (nSPS) is 13.8. The number of halogens is 2. The van der Waals surface area contributed by atoms with Gasteiger partial charge in [-0.15, -0.1) is 0 Å². The van der Waals surface area contributed by atoms with E-state index in [1.165, 1.54) is 18.2 Å². The fraction of sp³-hybridized carbons (Fsp3) is 0.538. The standard InChI is InChI=1S/C13H18ClFO2/c1-3-13(17,4-2)12(16)8-9-7-10(14)5-6-11(9)15/h5-7,12,16-17H,3-4,8H2,1-2H3. The van der Waals surface area contributed by atoms with Crippen LogP contribution in [-0.2, 0) is 6.42 Å². The molecule has 0 radical (unpaired) electrons. The lowest BCUT2D eigenvalue weighted by molar-refractivity contribution is -0.0792. The van der Waals surface area contributed by atoms with Crippen molar-refractivity contribution in [3.63, 3.8) is 0 Å². The topological polar surface area (TPSA) is 40.5 Å². The SMILES string of the molecule is CCC(O)(CC)C(O)Cc1cc(Cl)ccc1F. The van der Waals surface area contributed by atoms with Gasteiger partial charge in [0.2, 0.25) is 0 Å². The second kappa shape index (κ2) is 5.80. The average Bonchev–Trinajstić information content (AvgIpc) is 2.32. The summed E-state index contributed by atoms with van der Waals surface area (Å²) >= 11 is 5.77. The van der Waals surface area contributed by atoms with E-state index >= 15 is 0 Å². The van der Waals surface area contributed by atoms with E-state index in [9.17, 15) is 14.6 Å². The minimum absolute atomic E-state index is 0.0601. The minimum Gasteiger partial charge on any atom is -0.390 e. The van der Waals surface area contributed by atoms with Crippen molar-refractivity contribution in [3.8, 4) is 0 Å². The smallest absolute Gasteiger partial charge is 0.126 e.